The molecule has 0 fully saturated rings. The minimum Gasteiger partial charge on any atom is -0.464 e. The Morgan fingerprint density at radius 1 is 1.04 bits per heavy atom. The van der Waals surface area contributed by atoms with Crippen LogP contribution in [0, 0.1) is 0 Å². The van der Waals surface area contributed by atoms with Crippen molar-refractivity contribution in [2.45, 2.75) is 44.0 Å². The smallest absolute Gasteiger partial charge is 0.343 e. The number of thiol groups is 1. The molecule has 0 radical (unpaired) electrons. The lowest BCUT2D eigenvalue weighted by Gasteiger charge is -2.29. The lowest BCUT2D eigenvalue weighted by molar-refractivity contribution is -0.168. The van der Waals surface area contributed by atoms with Crippen LogP contribution in [-0.4, -0.2) is 36.6 Å². The minimum atomic E-state index is -1.85. The number of benzene rings is 1. The number of hydrogen-bond donors (Lipinski definition) is 2. The zero-order chi connectivity index (χ0) is 18.2. The Morgan fingerprint density at radius 2 is 1.54 bits per heavy atom. The predicted octanol–water partition coefficient (Wildman–Crippen LogP) is 1.91. The molecule has 0 saturated heterocycles. The highest BCUT2D eigenvalue weighted by Gasteiger charge is 2.49. The summed E-state index contributed by atoms with van der Waals surface area (Å²) in [6, 6.07) is 7.31. The van der Waals surface area contributed by atoms with Crippen LogP contribution in [0.5, 0.6) is 0 Å². The molecular formula is C17H23NO5S. The van der Waals surface area contributed by atoms with Crippen LogP contribution in [0.4, 0.5) is 0 Å². The van der Waals surface area contributed by atoms with Crippen molar-refractivity contribution in [3.63, 3.8) is 0 Å². The number of amides is 1. The van der Waals surface area contributed by atoms with Crippen molar-refractivity contribution in [2.75, 3.05) is 13.2 Å². The number of rotatable bonds is 8. The molecule has 1 rings (SSSR count). The van der Waals surface area contributed by atoms with Crippen LogP contribution in [0.2, 0.25) is 0 Å². The van der Waals surface area contributed by atoms with Crippen LogP contribution in [0.3, 0.4) is 0 Å². The summed E-state index contributed by atoms with van der Waals surface area (Å²) < 4.78 is 10.0. The van der Waals surface area contributed by atoms with Gasteiger partial charge in [0.1, 0.15) is 0 Å². The first-order chi connectivity index (χ1) is 11.4. The average Bonchev–Trinajstić information content (AvgIpc) is 2.53. The van der Waals surface area contributed by atoms with Crippen molar-refractivity contribution in [1.82, 2.24) is 5.32 Å². The average molecular weight is 353 g/mol. The summed E-state index contributed by atoms with van der Waals surface area (Å²) in [6.07, 6.45) is 0.419. The van der Waals surface area contributed by atoms with Crippen LogP contribution >= 0.6 is 12.6 Å². The SMILES string of the molecule is CCOC(=O)C(CCc1ccc(S)cc1)(NC(C)=O)C(=O)OCC. The van der Waals surface area contributed by atoms with Gasteiger partial charge in [0.25, 0.3) is 0 Å². The van der Waals surface area contributed by atoms with Crippen molar-refractivity contribution >= 4 is 30.5 Å². The van der Waals surface area contributed by atoms with Gasteiger partial charge in [-0.1, -0.05) is 12.1 Å². The molecule has 0 atom stereocenters. The number of ether oxygens (including phenoxy) is 2. The first kappa shape index (κ1) is 20.0. The summed E-state index contributed by atoms with van der Waals surface area (Å²) in [5.74, 6) is -2.14. The maximum atomic E-state index is 12.4. The normalized spacial score (nSPS) is 10.8. The molecule has 0 unspecified atom stereocenters. The summed E-state index contributed by atoms with van der Waals surface area (Å²) in [5, 5.41) is 2.44. The highest BCUT2D eigenvalue weighted by Crippen LogP contribution is 2.20. The predicted molar refractivity (Wildman–Crippen MR) is 91.8 cm³/mol. The van der Waals surface area contributed by atoms with Crippen molar-refractivity contribution in [3.05, 3.63) is 29.8 Å². The minimum absolute atomic E-state index is 0.0379. The second kappa shape index (κ2) is 9.32. The molecule has 0 aliphatic heterocycles. The number of hydrogen-bond acceptors (Lipinski definition) is 6. The number of nitrogens with one attached hydrogen (secondary N) is 1. The number of carbonyl (C=O) groups excluding carboxylic acids is 3. The van der Waals surface area contributed by atoms with Crippen LogP contribution in [0.1, 0.15) is 32.8 Å². The van der Waals surface area contributed by atoms with Crippen LogP contribution in [0.15, 0.2) is 29.2 Å². The van der Waals surface area contributed by atoms with E-state index in [1.807, 2.05) is 24.3 Å². The van der Waals surface area contributed by atoms with Gasteiger partial charge in [0.15, 0.2) is 0 Å². The second-order valence-corrected chi connectivity index (χ2v) is 5.71. The Labute approximate surface area is 147 Å². The molecule has 1 aromatic carbocycles. The zero-order valence-corrected chi connectivity index (χ0v) is 15.0. The molecule has 0 spiro atoms. The van der Waals surface area contributed by atoms with E-state index >= 15 is 0 Å². The monoisotopic (exact) mass is 353 g/mol. The van der Waals surface area contributed by atoms with Crippen molar-refractivity contribution in [3.8, 4) is 0 Å². The third-order valence-corrected chi connectivity index (χ3v) is 3.66. The molecule has 0 heterocycles. The topological polar surface area (TPSA) is 81.7 Å². The van der Waals surface area contributed by atoms with Gasteiger partial charge in [-0.3, -0.25) is 4.79 Å². The maximum absolute atomic E-state index is 12.4. The Balaban J connectivity index is 3.11. The van der Waals surface area contributed by atoms with E-state index in [9.17, 15) is 14.4 Å². The molecule has 132 valence electrons. The van der Waals surface area contributed by atoms with Crippen molar-refractivity contribution in [1.29, 1.82) is 0 Å². The summed E-state index contributed by atoms with van der Waals surface area (Å²) in [5.41, 5.74) is -0.951. The van der Waals surface area contributed by atoms with E-state index in [0.717, 1.165) is 10.5 Å². The molecular weight excluding hydrogens is 330 g/mol. The quantitative estimate of drug-likeness (QED) is 0.424. The number of aryl methyl sites for hydroxylation is 1. The van der Waals surface area contributed by atoms with Gasteiger partial charge in [-0.2, -0.15) is 0 Å². The van der Waals surface area contributed by atoms with E-state index in [1.54, 1.807) is 13.8 Å². The molecule has 7 heteroatoms. The summed E-state index contributed by atoms with van der Waals surface area (Å²) in [7, 11) is 0. The fourth-order valence-corrected chi connectivity index (χ4v) is 2.40. The first-order valence-corrected chi connectivity index (χ1v) is 8.21. The highest BCUT2D eigenvalue weighted by molar-refractivity contribution is 7.80. The Morgan fingerprint density at radius 3 is 1.96 bits per heavy atom. The van der Waals surface area contributed by atoms with Crippen molar-refractivity contribution < 1.29 is 23.9 Å². The van der Waals surface area contributed by atoms with E-state index in [2.05, 4.69) is 17.9 Å². The largest absolute Gasteiger partial charge is 0.464 e. The van der Waals surface area contributed by atoms with E-state index in [0.29, 0.717) is 6.42 Å². The van der Waals surface area contributed by atoms with Gasteiger partial charge in [0.2, 0.25) is 11.4 Å². The molecule has 0 aliphatic carbocycles. The molecule has 0 saturated carbocycles. The third-order valence-electron chi connectivity index (χ3n) is 3.36. The van der Waals surface area contributed by atoms with Gasteiger partial charge in [-0.25, -0.2) is 9.59 Å². The van der Waals surface area contributed by atoms with Crippen LogP contribution < -0.4 is 5.32 Å². The molecule has 6 nitrogen and oxygen atoms in total. The Kier molecular flexibility index (Phi) is 7.78. The number of esters is 2. The van der Waals surface area contributed by atoms with Gasteiger partial charge >= 0.3 is 11.9 Å². The molecule has 0 bridgehead atoms. The van der Waals surface area contributed by atoms with Gasteiger partial charge in [-0.15, -0.1) is 12.6 Å². The molecule has 24 heavy (non-hydrogen) atoms. The third kappa shape index (κ3) is 5.26. The molecule has 1 N–H and O–H groups in total. The van der Waals surface area contributed by atoms with E-state index < -0.39 is 23.4 Å². The van der Waals surface area contributed by atoms with Crippen molar-refractivity contribution in [2.24, 2.45) is 0 Å². The van der Waals surface area contributed by atoms with E-state index in [4.69, 9.17) is 9.47 Å². The Hall–Kier alpha value is -2.02. The zero-order valence-electron chi connectivity index (χ0n) is 14.1. The Bertz CT molecular complexity index is 567. The second-order valence-electron chi connectivity index (χ2n) is 5.19. The maximum Gasteiger partial charge on any atom is 0.343 e. The van der Waals surface area contributed by atoms with E-state index in [-0.39, 0.29) is 19.6 Å². The van der Waals surface area contributed by atoms with Crippen LogP contribution in [0.25, 0.3) is 0 Å². The molecule has 0 aromatic heterocycles. The standard InChI is InChI=1S/C17H23NO5S/c1-4-22-15(20)17(18-12(3)19,16(21)23-5-2)11-10-13-6-8-14(24)9-7-13/h6-9,24H,4-5,10-11H2,1-3H3,(H,18,19). The summed E-state index contributed by atoms with van der Waals surface area (Å²) in [6.45, 7) is 4.69. The highest BCUT2D eigenvalue weighted by atomic mass is 32.1. The fraction of sp³-hybridized carbons (Fsp3) is 0.471. The van der Waals surface area contributed by atoms with Crippen LogP contribution in [-0.2, 0) is 30.3 Å². The lowest BCUT2D eigenvalue weighted by Crippen LogP contribution is -2.61. The summed E-state index contributed by atoms with van der Waals surface area (Å²) >= 11 is 4.22. The lowest BCUT2D eigenvalue weighted by atomic mass is 9.90. The summed E-state index contributed by atoms with van der Waals surface area (Å²) in [4.78, 5) is 37.3. The molecule has 1 aromatic rings. The van der Waals surface area contributed by atoms with Gasteiger partial charge < -0.3 is 14.8 Å². The van der Waals surface area contributed by atoms with Gasteiger partial charge in [-0.05, 0) is 44.4 Å². The first-order valence-electron chi connectivity index (χ1n) is 7.76. The number of carbonyl (C=O) groups is 3. The molecule has 0 aliphatic rings. The molecule has 1 amide bonds. The van der Waals surface area contributed by atoms with E-state index in [1.165, 1.54) is 6.92 Å². The fourth-order valence-electron chi connectivity index (χ4n) is 2.26. The van der Waals surface area contributed by atoms with Gasteiger partial charge in [0, 0.05) is 11.8 Å². The van der Waals surface area contributed by atoms with Gasteiger partial charge in [0.05, 0.1) is 13.2 Å².